The number of hydrogen-bond acceptors (Lipinski definition) is 9. The summed E-state index contributed by atoms with van der Waals surface area (Å²) in [5.74, 6) is -0.446. The summed E-state index contributed by atoms with van der Waals surface area (Å²) in [6, 6.07) is 15.2. The molecule has 2 amide bonds. The number of thiophene rings is 1. The van der Waals surface area contributed by atoms with Crippen LogP contribution in [0.25, 0.3) is 10.2 Å². The van der Waals surface area contributed by atoms with Crippen LogP contribution >= 0.6 is 38.6 Å². The first kappa shape index (κ1) is 28.4. The highest BCUT2D eigenvalue weighted by Gasteiger charge is 2.31. The summed E-state index contributed by atoms with van der Waals surface area (Å²) in [5, 5.41) is 7.98. The number of halogens is 1. The molecular formula is C26H24BrN5O5S3. The van der Waals surface area contributed by atoms with E-state index < -0.39 is 22.0 Å². The van der Waals surface area contributed by atoms with Crippen LogP contribution < -0.4 is 5.01 Å². The van der Waals surface area contributed by atoms with Gasteiger partial charge in [0.25, 0.3) is 5.91 Å². The van der Waals surface area contributed by atoms with Crippen LogP contribution in [0.4, 0.5) is 9.93 Å². The van der Waals surface area contributed by atoms with Crippen molar-refractivity contribution in [3.63, 3.8) is 0 Å². The van der Waals surface area contributed by atoms with E-state index in [-0.39, 0.29) is 43.2 Å². The standard InChI is InChI=1S/C26H24BrN5O5S3/c1-2-37-26(34)30-11-13-31(14-12-30)40(35,36)21-8-5-18(6-9-21)24(33)32(28-17-20-4-3-15-38-20)25-29-22-10-7-19(27)16-23(22)39-25/h3-10,15-17H,2,11-14H2,1H3/b28-17+. The first-order chi connectivity index (χ1) is 19.3. The number of nitrogens with zero attached hydrogens (tertiary/aromatic N) is 5. The molecule has 10 nitrogen and oxygen atoms in total. The van der Waals surface area contributed by atoms with Crippen LogP contribution in [0.1, 0.15) is 22.2 Å². The molecule has 0 N–H and O–H groups in total. The number of fused-ring (bicyclic) bond motifs is 1. The maximum Gasteiger partial charge on any atom is 0.409 e. The Morgan fingerprint density at radius 3 is 2.55 bits per heavy atom. The summed E-state index contributed by atoms with van der Waals surface area (Å²) in [7, 11) is -3.81. The fourth-order valence-electron chi connectivity index (χ4n) is 4.01. The maximum atomic E-state index is 13.6. The summed E-state index contributed by atoms with van der Waals surface area (Å²) < 4.78 is 34.6. The molecule has 1 fully saturated rings. The zero-order valence-electron chi connectivity index (χ0n) is 21.3. The van der Waals surface area contributed by atoms with Crippen LogP contribution in [0.2, 0.25) is 0 Å². The first-order valence-corrected chi connectivity index (χ1v) is 16.2. The van der Waals surface area contributed by atoms with Crippen molar-refractivity contribution in [2.75, 3.05) is 37.8 Å². The van der Waals surface area contributed by atoms with Gasteiger partial charge in [-0.05, 0) is 60.8 Å². The van der Waals surface area contributed by atoms with Gasteiger partial charge in [-0.25, -0.2) is 18.2 Å². The predicted molar refractivity (Wildman–Crippen MR) is 160 cm³/mol. The molecule has 0 saturated carbocycles. The fraction of sp³-hybridized carbons (Fsp3) is 0.231. The second-order valence-corrected chi connectivity index (χ2v) is 13.4. The van der Waals surface area contributed by atoms with E-state index in [1.54, 1.807) is 13.1 Å². The molecule has 4 aromatic rings. The highest BCUT2D eigenvalue weighted by atomic mass is 79.9. The minimum Gasteiger partial charge on any atom is -0.450 e. The highest BCUT2D eigenvalue weighted by molar-refractivity contribution is 9.10. The molecule has 0 bridgehead atoms. The Bertz CT molecular complexity index is 1650. The molecular weight excluding hydrogens is 638 g/mol. The monoisotopic (exact) mass is 661 g/mol. The lowest BCUT2D eigenvalue weighted by Crippen LogP contribution is -2.50. The number of carbonyl (C=O) groups excluding carboxylic acids is 2. The molecule has 0 unspecified atom stereocenters. The number of rotatable bonds is 7. The van der Waals surface area contributed by atoms with E-state index >= 15 is 0 Å². The Labute approximate surface area is 247 Å². The largest absolute Gasteiger partial charge is 0.450 e. The lowest BCUT2D eigenvalue weighted by Gasteiger charge is -2.33. The minimum atomic E-state index is -3.81. The van der Waals surface area contributed by atoms with Crippen molar-refractivity contribution in [1.29, 1.82) is 0 Å². The van der Waals surface area contributed by atoms with Crippen molar-refractivity contribution in [2.45, 2.75) is 11.8 Å². The molecule has 1 aliphatic heterocycles. The third kappa shape index (κ3) is 6.10. The van der Waals surface area contributed by atoms with Crippen molar-refractivity contribution in [1.82, 2.24) is 14.2 Å². The number of piperazine rings is 1. The number of anilines is 1. The summed E-state index contributed by atoms with van der Waals surface area (Å²) in [6.45, 7) is 2.77. The van der Waals surface area contributed by atoms with Crippen LogP contribution in [-0.4, -0.2) is 73.6 Å². The second kappa shape index (κ2) is 12.1. The molecule has 3 heterocycles. The van der Waals surface area contributed by atoms with Gasteiger partial charge >= 0.3 is 6.09 Å². The van der Waals surface area contributed by atoms with E-state index in [4.69, 9.17) is 4.74 Å². The molecule has 0 radical (unpaired) electrons. The average Bonchev–Trinajstić information content (AvgIpc) is 3.63. The van der Waals surface area contributed by atoms with Crippen LogP contribution in [0.3, 0.4) is 0 Å². The third-order valence-corrected chi connectivity index (χ3v) is 10.3. The number of aromatic nitrogens is 1. The van der Waals surface area contributed by atoms with Gasteiger partial charge in [0, 0.05) is 41.1 Å². The SMILES string of the molecule is CCOC(=O)N1CCN(S(=O)(=O)c2ccc(C(=O)N(/N=C/c3cccs3)c3nc4ccc(Br)cc4s3)cc2)CC1. The molecule has 208 valence electrons. The molecule has 2 aromatic heterocycles. The number of benzene rings is 2. The average molecular weight is 663 g/mol. The number of hydrazone groups is 1. The molecule has 1 aliphatic rings. The lowest BCUT2D eigenvalue weighted by atomic mass is 10.2. The van der Waals surface area contributed by atoms with Gasteiger partial charge in [0.2, 0.25) is 15.2 Å². The summed E-state index contributed by atoms with van der Waals surface area (Å²) in [6.07, 6.45) is 1.15. The molecule has 0 aliphatic carbocycles. The molecule has 2 aromatic carbocycles. The van der Waals surface area contributed by atoms with E-state index in [1.165, 1.54) is 61.2 Å². The van der Waals surface area contributed by atoms with Gasteiger partial charge in [-0.1, -0.05) is 33.3 Å². The number of ether oxygens (including phenoxy) is 1. The minimum absolute atomic E-state index is 0.0621. The normalized spacial score (nSPS) is 14.6. The van der Waals surface area contributed by atoms with E-state index in [1.807, 2.05) is 35.7 Å². The van der Waals surface area contributed by atoms with Crippen LogP contribution in [0.15, 0.2) is 74.4 Å². The van der Waals surface area contributed by atoms with Gasteiger partial charge in [-0.15, -0.1) is 11.3 Å². The number of thiazole rings is 1. The number of amides is 2. The zero-order valence-corrected chi connectivity index (χ0v) is 25.3. The van der Waals surface area contributed by atoms with Crippen LogP contribution in [-0.2, 0) is 14.8 Å². The number of sulfonamides is 1. The van der Waals surface area contributed by atoms with Crippen molar-refractivity contribution in [2.24, 2.45) is 5.10 Å². The van der Waals surface area contributed by atoms with Gasteiger partial charge in [-0.3, -0.25) is 4.79 Å². The second-order valence-electron chi connectivity index (χ2n) is 8.60. The highest BCUT2D eigenvalue weighted by Crippen LogP contribution is 2.32. The molecule has 40 heavy (non-hydrogen) atoms. The maximum absolute atomic E-state index is 13.6. The molecule has 1 saturated heterocycles. The predicted octanol–water partition coefficient (Wildman–Crippen LogP) is 5.26. The Morgan fingerprint density at radius 2 is 1.88 bits per heavy atom. The third-order valence-electron chi connectivity index (χ3n) is 6.06. The molecule has 0 spiro atoms. The Kier molecular flexibility index (Phi) is 8.61. The van der Waals surface area contributed by atoms with Gasteiger partial charge < -0.3 is 9.64 Å². The van der Waals surface area contributed by atoms with Crippen molar-refractivity contribution < 1.29 is 22.7 Å². The Balaban J connectivity index is 1.37. The number of carbonyl (C=O) groups is 2. The fourth-order valence-corrected chi connectivity index (χ4v) is 7.49. The van der Waals surface area contributed by atoms with E-state index in [0.29, 0.717) is 5.13 Å². The zero-order chi connectivity index (χ0) is 28.3. The number of hydrogen-bond donors (Lipinski definition) is 0. The summed E-state index contributed by atoms with van der Waals surface area (Å²) in [4.78, 5) is 32.6. The summed E-state index contributed by atoms with van der Waals surface area (Å²) in [5.41, 5.74) is 0.992. The smallest absolute Gasteiger partial charge is 0.409 e. The van der Waals surface area contributed by atoms with Gasteiger partial charge in [-0.2, -0.15) is 14.4 Å². The van der Waals surface area contributed by atoms with Gasteiger partial charge in [0.1, 0.15) is 0 Å². The van der Waals surface area contributed by atoms with Crippen LogP contribution in [0, 0.1) is 0 Å². The Hall–Kier alpha value is -3.17. The quantitative estimate of drug-likeness (QED) is 0.197. The van der Waals surface area contributed by atoms with Crippen molar-refractivity contribution in [3.05, 3.63) is 74.9 Å². The van der Waals surface area contributed by atoms with Crippen LogP contribution in [0.5, 0.6) is 0 Å². The van der Waals surface area contributed by atoms with Gasteiger partial charge in [0.05, 0.1) is 27.9 Å². The molecule has 5 rings (SSSR count). The topological polar surface area (TPSA) is 112 Å². The van der Waals surface area contributed by atoms with Crippen molar-refractivity contribution >= 4 is 82.2 Å². The summed E-state index contributed by atoms with van der Waals surface area (Å²) >= 11 is 6.27. The van der Waals surface area contributed by atoms with E-state index in [2.05, 4.69) is 26.0 Å². The molecule has 14 heteroatoms. The van der Waals surface area contributed by atoms with E-state index in [0.717, 1.165) is 19.6 Å². The van der Waals surface area contributed by atoms with Gasteiger partial charge in [0.15, 0.2) is 0 Å². The lowest BCUT2D eigenvalue weighted by molar-refractivity contribution is 0.0933. The van der Waals surface area contributed by atoms with E-state index in [9.17, 15) is 18.0 Å². The first-order valence-electron chi connectivity index (χ1n) is 12.3. The Morgan fingerprint density at radius 1 is 1.12 bits per heavy atom. The molecule has 0 atom stereocenters. The van der Waals surface area contributed by atoms with Crippen molar-refractivity contribution in [3.8, 4) is 0 Å².